The number of aliphatic hydroxyl groups is 1. The second-order valence-corrected chi connectivity index (χ2v) is 2.45. The minimum absolute atomic E-state index is 0.00242. The fourth-order valence-corrected chi connectivity index (χ4v) is 0.921. The van der Waals surface area contributed by atoms with Crippen LogP contribution in [-0.4, -0.2) is 28.9 Å². The molecular formula is C9H8O5. The fourth-order valence-electron chi connectivity index (χ4n) is 0.921. The number of rotatable bonds is 3. The Hall–Kier alpha value is -1.88. The predicted octanol–water partition coefficient (Wildman–Crippen LogP) is 0.491. The van der Waals surface area contributed by atoms with Crippen LogP contribution >= 0.6 is 0 Å². The van der Waals surface area contributed by atoms with Crippen LogP contribution in [0.4, 0.5) is 0 Å². The molecule has 1 aromatic rings. The lowest BCUT2D eigenvalue weighted by molar-refractivity contribution is 0.00684. The van der Waals surface area contributed by atoms with Crippen molar-refractivity contribution < 1.29 is 24.5 Å². The fraction of sp³-hybridized carbons (Fsp3) is 0.111. The summed E-state index contributed by atoms with van der Waals surface area (Å²) in [7, 11) is 0. The molecule has 0 saturated heterocycles. The molecule has 0 aromatic heterocycles. The Morgan fingerprint density at radius 2 is 1.93 bits per heavy atom. The number of benzene rings is 1. The number of aromatic carboxylic acids is 1. The molecule has 0 bridgehead atoms. The molecule has 14 heavy (non-hydrogen) atoms. The lowest BCUT2D eigenvalue weighted by Gasteiger charge is -2.01. The highest BCUT2D eigenvalue weighted by Gasteiger charge is 2.09. The summed E-state index contributed by atoms with van der Waals surface area (Å²) in [6, 6.07) is 5.38. The summed E-state index contributed by atoms with van der Waals surface area (Å²) >= 11 is 0. The Morgan fingerprint density at radius 1 is 1.29 bits per heavy atom. The first kappa shape index (κ1) is 10.2. The molecule has 5 heteroatoms. The first-order valence-corrected chi connectivity index (χ1v) is 3.76. The highest BCUT2D eigenvalue weighted by atomic mass is 16.6. The average Bonchev–Trinajstić information content (AvgIpc) is 2.18. The molecule has 1 aromatic carbocycles. The largest absolute Gasteiger partial charge is 0.478 e. The quantitative estimate of drug-likeness (QED) is 0.543. The van der Waals surface area contributed by atoms with Crippen LogP contribution in [0, 0.1) is 0 Å². The van der Waals surface area contributed by atoms with Gasteiger partial charge in [0.2, 0.25) is 0 Å². The van der Waals surface area contributed by atoms with Crippen LogP contribution in [0.1, 0.15) is 20.7 Å². The monoisotopic (exact) mass is 196 g/mol. The normalized spacial score (nSPS) is 9.50. The number of carbonyl (C=O) groups is 2. The maximum absolute atomic E-state index is 11.0. The molecule has 74 valence electrons. The van der Waals surface area contributed by atoms with Gasteiger partial charge in [-0.25, -0.2) is 9.59 Å². The third kappa shape index (κ3) is 2.30. The van der Waals surface area contributed by atoms with E-state index >= 15 is 0 Å². The molecule has 0 fully saturated rings. The second kappa shape index (κ2) is 4.38. The number of carbonyl (C=O) groups excluding carboxylic acids is 1. The average molecular weight is 196 g/mol. The molecule has 1 rings (SSSR count). The Bertz CT molecular complexity index is 358. The topological polar surface area (TPSA) is 83.8 Å². The minimum Gasteiger partial charge on any atom is -0.478 e. The standard InChI is InChI=1S/C9H8O5/c10-5-14-9(13)7-3-1-2-6(4-7)8(11)12/h1-4,10H,5H2,(H,11,12). The van der Waals surface area contributed by atoms with Crippen LogP contribution < -0.4 is 0 Å². The van der Waals surface area contributed by atoms with E-state index in [2.05, 4.69) is 4.74 Å². The maximum atomic E-state index is 11.0. The van der Waals surface area contributed by atoms with Crippen molar-refractivity contribution in [3.63, 3.8) is 0 Å². The SMILES string of the molecule is O=C(O)c1cccc(C(=O)OCO)c1. The molecule has 0 atom stereocenters. The van der Waals surface area contributed by atoms with Gasteiger partial charge in [-0.05, 0) is 18.2 Å². The molecule has 2 N–H and O–H groups in total. The molecule has 0 aliphatic heterocycles. The van der Waals surface area contributed by atoms with Crippen LogP contribution in [0.3, 0.4) is 0 Å². The molecule has 0 heterocycles. The van der Waals surface area contributed by atoms with E-state index in [4.69, 9.17) is 10.2 Å². The van der Waals surface area contributed by atoms with Gasteiger partial charge in [-0.2, -0.15) is 0 Å². The van der Waals surface area contributed by atoms with E-state index in [-0.39, 0.29) is 11.1 Å². The van der Waals surface area contributed by atoms with Crippen LogP contribution in [0.25, 0.3) is 0 Å². The lowest BCUT2D eigenvalue weighted by Crippen LogP contribution is -2.07. The van der Waals surface area contributed by atoms with Gasteiger partial charge >= 0.3 is 11.9 Å². The summed E-state index contributed by atoms with van der Waals surface area (Å²) in [6.07, 6.45) is 0. The van der Waals surface area contributed by atoms with E-state index in [1.165, 1.54) is 24.3 Å². The van der Waals surface area contributed by atoms with Crippen molar-refractivity contribution in [1.29, 1.82) is 0 Å². The molecular weight excluding hydrogens is 188 g/mol. The van der Waals surface area contributed by atoms with Gasteiger partial charge in [-0.3, -0.25) is 0 Å². The van der Waals surface area contributed by atoms with Gasteiger partial charge in [0.25, 0.3) is 0 Å². The van der Waals surface area contributed by atoms with Gasteiger partial charge in [0.05, 0.1) is 11.1 Å². The molecule has 0 unspecified atom stereocenters. The Kier molecular flexibility index (Phi) is 3.19. The highest BCUT2D eigenvalue weighted by Crippen LogP contribution is 2.06. The molecule has 0 aliphatic rings. The van der Waals surface area contributed by atoms with Crippen LogP contribution in [-0.2, 0) is 4.74 Å². The summed E-state index contributed by atoms with van der Waals surface area (Å²) in [4.78, 5) is 21.6. The summed E-state index contributed by atoms with van der Waals surface area (Å²) in [5, 5.41) is 16.9. The van der Waals surface area contributed by atoms with E-state index in [1.807, 2.05) is 0 Å². The summed E-state index contributed by atoms with van der Waals surface area (Å²) in [5.41, 5.74) is 0.0938. The van der Waals surface area contributed by atoms with Crippen LogP contribution in [0.15, 0.2) is 24.3 Å². The second-order valence-electron chi connectivity index (χ2n) is 2.45. The van der Waals surface area contributed by atoms with E-state index in [9.17, 15) is 9.59 Å². The zero-order chi connectivity index (χ0) is 10.6. The molecule has 0 radical (unpaired) electrons. The number of carboxylic acid groups (broad SMARTS) is 1. The van der Waals surface area contributed by atoms with E-state index < -0.39 is 18.7 Å². The van der Waals surface area contributed by atoms with Gasteiger partial charge in [0, 0.05) is 0 Å². The number of carboxylic acids is 1. The van der Waals surface area contributed by atoms with Crippen molar-refractivity contribution >= 4 is 11.9 Å². The summed E-state index contributed by atoms with van der Waals surface area (Å²) in [6.45, 7) is -0.726. The molecule has 0 amide bonds. The number of ether oxygens (including phenoxy) is 1. The number of esters is 1. The molecule has 5 nitrogen and oxygen atoms in total. The predicted molar refractivity (Wildman–Crippen MR) is 45.9 cm³/mol. The molecule has 0 saturated carbocycles. The Labute approximate surface area is 79.6 Å². The van der Waals surface area contributed by atoms with Gasteiger partial charge in [-0.15, -0.1) is 0 Å². The summed E-state index contributed by atoms with van der Waals surface area (Å²) < 4.78 is 4.29. The van der Waals surface area contributed by atoms with Gasteiger partial charge in [0.15, 0.2) is 6.79 Å². The highest BCUT2D eigenvalue weighted by molar-refractivity contribution is 5.94. The van der Waals surface area contributed by atoms with E-state index in [1.54, 1.807) is 0 Å². The van der Waals surface area contributed by atoms with Crippen molar-refractivity contribution in [3.05, 3.63) is 35.4 Å². The Morgan fingerprint density at radius 3 is 2.50 bits per heavy atom. The third-order valence-corrected chi connectivity index (χ3v) is 1.54. The number of hydrogen-bond donors (Lipinski definition) is 2. The minimum atomic E-state index is -1.12. The van der Waals surface area contributed by atoms with E-state index in [0.717, 1.165) is 0 Å². The van der Waals surface area contributed by atoms with Gasteiger partial charge in [-0.1, -0.05) is 6.07 Å². The summed E-state index contributed by atoms with van der Waals surface area (Å²) in [5.74, 6) is -1.88. The molecule has 0 spiro atoms. The van der Waals surface area contributed by atoms with Gasteiger partial charge < -0.3 is 14.9 Å². The third-order valence-electron chi connectivity index (χ3n) is 1.54. The van der Waals surface area contributed by atoms with Crippen molar-refractivity contribution in [2.45, 2.75) is 0 Å². The first-order chi connectivity index (χ1) is 6.65. The zero-order valence-electron chi connectivity index (χ0n) is 7.14. The van der Waals surface area contributed by atoms with Crippen molar-refractivity contribution in [1.82, 2.24) is 0 Å². The Balaban J connectivity index is 2.93. The zero-order valence-corrected chi connectivity index (χ0v) is 7.14. The van der Waals surface area contributed by atoms with Crippen LogP contribution in [0.2, 0.25) is 0 Å². The van der Waals surface area contributed by atoms with Crippen molar-refractivity contribution in [2.24, 2.45) is 0 Å². The van der Waals surface area contributed by atoms with Crippen molar-refractivity contribution in [3.8, 4) is 0 Å². The maximum Gasteiger partial charge on any atom is 0.340 e. The van der Waals surface area contributed by atoms with E-state index in [0.29, 0.717) is 0 Å². The van der Waals surface area contributed by atoms with Crippen LogP contribution in [0.5, 0.6) is 0 Å². The smallest absolute Gasteiger partial charge is 0.340 e. The first-order valence-electron chi connectivity index (χ1n) is 3.76. The van der Waals surface area contributed by atoms with Crippen molar-refractivity contribution in [2.75, 3.05) is 6.79 Å². The lowest BCUT2D eigenvalue weighted by atomic mass is 10.1. The number of hydrogen-bond acceptors (Lipinski definition) is 4. The van der Waals surface area contributed by atoms with Gasteiger partial charge in [0.1, 0.15) is 0 Å². The molecule has 0 aliphatic carbocycles. The number of aliphatic hydroxyl groups excluding tert-OH is 1.